The molecule has 0 spiro atoms. The van der Waals surface area contributed by atoms with Crippen LogP contribution in [-0.4, -0.2) is 52.7 Å². The molecule has 1 N–H and O–H groups in total. The Kier molecular flexibility index (Phi) is 6.19. The first kappa shape index (κ1) is 19.0. The minimum Gasteiger partial charge on any atom is -0.478 e. The zero-order valence-electron chi connectivity index (χ0n) is 15.4. The molecule has 2 heterocycles. The molecule has 0 saturated carbocycles. The number of hydrogen-bond acceptors (Lipinski definition) is 4. The van der Waals surface area contributed by atoms with Gasteiger partial charge in [-0.15, -0.1) is 0 Å². The molecule has 0 radical (unpaired) electrons. The second kappa shape index (κ2) is 8.77. The average Bonchev–Trinajstić information content (AvgIpc) is 2.68. The number of pyridine rings is 1. The Morgan fingerprint density at radius 1 is 1.15 bits per heavy atom. The Hall–Kier alpha value is -2.73. The van der Waals surface area contributed by atoms with E-state index in [1.807, 2.05) is 18.2 Å². The molecule has 0 unspecified atom stereocenters. The number of benzene rings is 1. The van der Waals surface area contributed by atoms with Crippen molar-refractivity contribution in [3.63, 3.8) is 0 Å². The zero-order valence-corrected chi connectivity index (χ0v) is 15.4. The van der Waals surface area contributed by atoms with Gasteiger partial charge in [0.05, 0.1) is 24.0 Å². The summed E-state index contributed by atoms with van der Waals surface area (Å²) < 4.78 is 5.96. The van der Waals surface area contributed by atoms with Crippen molar-refractivity contribution in [2.75, 3.05) is 19.7 Å². The molecule has 0 bridgehead atoms. The van der Waals surface area contributed by atoms with Gasteiger partial charge in [0.15, 0.2) is 0 Å². The second-order valence-corrected chi connectivity index (χ2v) is 6.73. The number of amides is 1. The lowest BCUT2D eigenvalue weighted by molar-refractivity contribution is 0.00986. The van der Waals surface area contributed by atoms with Crippen LogP contribution in [0.2, 0.25) is 0 Å². The van der Waals surface area contributed by atoms with Crippen LogP contribution in [0.1, 0.15) is 44.9 Å². The highest BCUT2D eigenvalue weighted by molar-refractivity contribution is 5.94. The van der Waals surface area contributed by atoms with Gasteiger partial charge < -0.3 is 14.7 Å². The lowest BCUT2D eigenvalue weighted by atomic mass is 10.1. The van der Waals surface area contributed by atoms with E-state index < -0.39 is 5.97 Å². The van der Waals surface area contributed by atoms with Crippen molar-refractivity contribution in [2.24, 2.45) is 0 Å². The number of nitrogens with zero attached hydrogens (tertiary/aromatic N) is 2. The number of aromatic nitrogens is 1. The van der Waals surface area contributed by atoms with Gasteiger partial charge >= 0.3 is 5.97 Å². The van der Waals surface area contributed by atoms with Crippen LogP contribution >= 0.6 is 0 Å². The topological polar surface area (TPSA) is 79.7 Å². The number of carbonyl (C=O) groups excluding carboxylic acids is 1. The molecule has 1 amide bonds. The van der Waals surface area contributed by atoms with Crippen LogP contribution < -0.4 is 0 Å². The summed E-state index contributed by atoms with van der Waals surface area (Å²) >= 11 is 0. The largest absolute Gasteiger partial charge is 0.478 e. The number of aryl methyl sites for hydroxylation is 1. The van der Waals surface area contributed by atoms with Crippen molar-refractivity contribution in [3.05, 3.63) is 65.0 Å². The molecule has 1 aromatic carbocycles. The molecule has 0 atom stereocenters. The third-order valence-electron chi connectivity index (χ3n) is 4.85. The molecule has 1 aromatic heterocycles. The minimum absolute atomic E-state index is 0.122. The standard InChI is InChI=1S/C21H24N2O4/c1-15-18(21(25)26)7-8-19(22-15)20(24)23-12-9-17(10-13-23)27-14-11-16-5-3-2-4-6-16/h2-8,17H,9-14H2,1H3,(H,25,26). The van der Waals surface area contributed by atoms with Crippen LogP contribution in [0.25, 0.3) is 0 Å². The summed E-state index contributed by atoms with van der Waals surface area (Å²) in [4.78, 5) is 29.6. The predicted octanol–water partition coefficient (Wildman–Crippen LogP) is 2.95. The average molecular weight is 368 g/mol. The monoisotopic (exact) mass is 368 g/mol. The number of aromatic carboxylic acids is 1. The highest BCUT2D eigenvalue weighted by atomic mass is 16.5. The van der Waals surface area contributed by atoms with Crippen molar-refractivity contribution in [2.45, 2.75) is 32.3 Å². The Morgan fingerprint density at radius 2 is 1.85 bits per heavy atom. The van der Waals surface area contributed by atoms with E-state index in [-0.39, 0.29) is 17.6 Å². The van der Waals surface area contributed by atoms with E-state index in [0.717, 1.165) is 19.3 Å². The Labute approximate surface area is 158 Å². The molecule has 1 aliphatic rings. The number of likely N-dealkylation sites (tertiary alicyclic amines) is 1. The lowest BCUT2D eigenvalue weighted by Crippen LogP contribution is -2.41. The van der Waals surface area contributed by atoms with Gasteiger partial charge in [-0.2, -0.15) is 0 Å². The Morgan fingerprint density at radius 3 is 2.48 bits per heavy atom. The van der Waals surface area contributed by atoms with Crippen molar-refractivity contribution >= 4 is 11.9 Å². The smallest absolute Gasteiger partial charge is 0.337 e. The summed E-state index contributed by atoms with van der Waals surface area (Å²) in [6.45, 7) is 3.53. The van der Waals surface area contributed by atoms with Crippen molar-refractivity contribution < 1.29 is 19.4 Å². The van der Waals surface area contributed by atoms with Crippen LogP contribution in [0.4, 0.5) is 0 Å². The Bertz CT molecular complexity index is 799. The van der Waals surface area contributed by atoms with E-state index in [1.54, 1.807) is 11.8 Å². The number of carboxylic acid groups (broad SMARTS) is 1. The molecule has 1 fully saturated rings. The molecular formula is C21H24N2O4. The van der Waals surface area contributed by atoms with Gasteiger partial charge in [-0.05, 0) is 43.9 Å². The number of carboxylic acids is 1. The molecule has 27 heavy (non-hydrogen) atoms. The van der Waals surface area contributed by atoms with E-state index in [1.165, 1.54) is 17.7 Å². The maximum Gasteiger partial charge on any atom is 0.337 e. The lowest BCUT2D eigenvalue weighted by Gasteiger charge is -2.31. The van der Waals surface area contributed by atoms with E-state index in [4.69, 9.17) is 9.84 Å². The van der Waals surface area contributed by atoms with Gasteiger partial charge in [0.1, 0.15) is 5.69 Å². The summed E-state index contributed by atoms with van der Waals surface area (Å²) in [7, 11) is 0. The van der Waals surface area contributed by atoms with Gasteiger partial charge in [-0.1, -0.05) is 30.3 Å². The SMILES string of the molecule is Cc1nc(C(=O)N2CCC(OCCc3ccccc3)CC2)ccc1C(=O)O. The molecule has 3 rings (SSSR count). The second-order valence-electron chi connectivity index (χ2n) is 6.73. The predicted molar refractivity (Wildman–Crippen MR) is 101 cm³/mol. The highest BCUT2D eigenvalue weighted by Gasteiger charge is 2.25. The van der Waals surface area contributed by atoms with Gasteiger partial charge in [0.2, 0.25) is 0 Å². The van der Waals surface area contributed by atoms with Crippen LogP contribution in [0.5, 0.6) is 0 Å². The van der Waals surface area contributed by atoms with Crippen LogP contribution in [0.15, 0.2) is 42.5 Å². The Balaban J connectivity index is 1.48. The minimum atomic E-state index is -1.03. The molecule has 1 aliphatic heterocycles. The number of hydrogen-bond donors (Lipinski definition) is 1. The molecular weight excluding hydrogens is 344 g/mol. The van der Waals surface area contributed by atoms with Gasteiger partial charge in [-0.3, -0.25) is 4.79 Å². The van der Waals surface area contributed by atoms with Crippen LogP contribution in [0, 0.1) is 6.92 Å². The highest BCUT2D eigenvalue weighted by Crippen LogP contribution is 2.17. The summed E-state index contributed by atoms with van der Waals surface area (Å²) in [6.07, 6.45) is 2.65. The first-order valence-corrected chi connectivity index (χ1v) is 9.20. The molecule has 6 heteroatoms. The summed E-state index contributed by atoms with van der Waals surface area (Å²) in [5.74, 6) is -1.19. The van der Waals surface area contributed by atoms with Crippen molar-refractivity contribution in [1.82, 2.24) is 9.88 Å². The van der Waals surface area contributed by atoms with Gasteiger partial charge in [0, 0.05) is 13.1 Å². The maximum absolute atomic E-state index is 12.6. The van der Waals surface area contributed by atoms with E-state index >= 15 is 0 Å². The fraction of sp³-hybridized carbons (Fsp3) is 0.381. The summed E-state index contributed by atoms with van der Waals surface area (Å²) in [5, 5.41) is 9.07. The van der Waals surface area contributed by atoms with E-state index in [2.05, 4.69) is 17.1 Å². The summed E-state index contributed by atoms with van der Waals surface area (Å²) in [6, 6.07) is 13.2. The quantitative estimate of drug-likeness (QED) is 0.848. The number of piperidine rings is 1. The third-order valence-corrected chi connectivity index (χ3v) is 4.85. The fourth-order valence-corrected chi connectivity index (χ4v) is 3.28. The maximum atomic E-state index is 12.6. The van der Waals surface area contributed by atoms with Crippen molar-refractivity contribution in [1.29, 1.82) is 0 Å². The molecule has 6 nitrogen and oxygen atoms in total. The summed E-state index contributed by atoms with van der Waals surface area (Å²) in [5.41, 5.74) is 2.03. The first-order valence-electron chi connectivity index (χ1n) is 9.20. The third kappa shape index (κ3) is 4.92. The molecule has 1 saturated heterocycles. The normalized spacial score (nSPS) is 14.9. The number of carbonyl (C=O) groups is 2. The van der Waals surface area contributed by atoms with E-state index in [9.17, 15) is 9.59 Å². The fourth-order valence-electron chi connectivity index (χ4n) is 3.28. The van der Waals surface area contributed by atoms with E-state index in [0.29, 0.717) is 31.1 Å². The van der Waals surface area contributed by atoms with Crippen LogP contribution in [0.3, 0.4) is 0 Å². The zero-order chi connectivity index (χ0) is 19.2. The molecule has 142 valence electrons. The molecule has 2 aromatic rings. The van der Waals surface area contributed by atoms with Crippen molar-refractivity contribution in [3.8, 4) is 0 Å². The van der Waals surface area contributed by atoms with Gasteiger partial charge in [-0.25, -0.2) is 9.78 Å². The van der Waals surface area contributed by atoms with Crippen LogP contribution in [-0.2, 0) is 11.2 Å². The first-order chi connectivity index (χ1) is 13.0. The number of ether oxygens (including phenoxy) is 1. The van der Waals surface area contributed by atoms with Gasteiger partial charge in [0.25, 0.3) is 5.91 Å². The number of rotatable bonds is 6. The molecule has 0 aliphatic carbocycles.